The lowest BCUT2D eigenvalue weighted by Crippen LogP contribution is -2.40. The van der Waals surface area contributed by atoms with E-state index in [1.54, 1.807) is 0 Å². The summed E-state index contributed by atoms with van der Waals surface area (Å²) >= 11 is 0. The second-order valence-electron chi connectivity index (χ2n) is 8.59. The van der Waals surface area contributed by atoms with E-state index >= 15 is 0 Å². The molecule has 1 N–H and O–H groups in total. The molecule has 2 aliphatic rings. The van der Waals surface area contributed by atoms with E-state index in [-0.39, 0.29) is 24.0 Å². The minimum atomic E-state index is 0. The molecule has 0 spiro atoms. The van der Waals surface area contributed by atoms with E-state index in [1.165, 1.54) is 62.7 Å². The first-order chi connectivity index (χ1) is 14.2. The van der Waals surface area contributed by atoms with Crippen molar-refractivity contribution in [3.8, 4) is 0 Å². The van der Waals surface area contributed by atoms with Crippen molar-refractivity contribution in [2.24, 2.45) is 10.9 Å². The zero-order valence-electron chi connectivity index (χ0n) is 18.9. The molecule has 0 amide bonds. The summed E-state index contributed by atoms with van der Waals surface area (Å²) in [5.41, 5.74) is 2.70. The third-order valence-electron chi connectivity index (χ3n) is 6.20. The lowest BCUT2D eigenvalue weighted by atomic mass is 9.96. The number of nitrogens with zero attached hydrogens (tertiary/aromatic N) is 3. The normalized spacial score (nSPS) is 18.7. The first-order valence-electron chi connectivity index (χ1n) is 11.6. The third kappa shape index (κ3) is 8.71. The van der Waals surface area contributed by atoms with Crippen LogP contribution in [-0.4, -0.2) is 62.2 Å². The Hall–Kier alpha value is -0.860. The summed E-state index contributed by atoms with van der Waals surface area (Å²) in [5.74, 6) is 1.80. The van der Waals surface area contributed by atoms with Gasteiger partial charge < -0.3 is 15.0 Å². The Kier molecular flexibility index (Phi) is 12.1. The average molecular weight is 529 g/mol. The molecule has 5 nitrogen and oxygen atoms in total. The molecule has 1 aromatic carbocycles. The Bertz CT molecular complexity index is 610. The van der Waals surface area contributed by atoms with Crippen LogP contribution in [0.4, 0.5) is 0 Å². The first-order valence-corrected chi connectivity index (χ1v) is 11.6. The zero-order valence-corrected chi connectivity index (χ0v) is 21.3. The molecule has 170 valence electrons. The van der Waals surface area contributed by atoms with Crippen LogP contribution in [0.3, 0.4) is 0 Å². The van der Waals surface area contributed by atoms with Crippen LogP contribution in [0.5, 0.6) is 0 Å². The molecule has 0 saturated carbocycles. The number of likely N-dealkylation sites (tertiary alicyclic amines) is 1. The highest BCUT2D eigenvalue weighted by Gasteiger charge is 2.15. The number of hydrogen-bond acceptors (Lipinski definition) is 3. The van der Waals surface area contributed by atoms with Crippen molar-refractivity contribution in [2.75, 3.05) is 46.4 Å². The highest BCUT2D eigenvalue weighted by molar-refractivity contribution is 14.0. The highest BCUT2D eigenvalue weighted by Crippen LogP contribution is 2.18. The Morgan fingerprint density at radius 3 is 2.43 bits per heavy atom. The number of nitrogens with one attached hydrogen (secondary N) is 1. The van der Waals surface area contributed by atoms with Crippen LogP contribution in [0.15, 0.2) is 29.3 Å². The maximum Gasteiger partial charge on any atom is 0.193 e. The standard InChI is InChI=1S/C24H40N4O.HI/c1-3-25-24(27(2)16-11-21-12-17-29-18-13-21)26-19-22-7-9-23(10-8-22)20-28-14-5-4-6-15-28;/h7-10,21H,3-6,11-20H2,1-2H3,(H,25,26);1H. The van der Waals surface area contributed by atoms with Gasteiger partial charge in [0, 0.05) is 39.9 Å². The molecule has 0 radical (unpaired) electrons. The minimum absolute atomic E-state index is 0. The van der Waals surface area contributed by atoms with Crippen molar-refractivity contribution in [1.29, 1.82) is 0 Å². The fourth-order valence-corrected chi connectivity index (χ4v) is 4.28. The Morgan fingerprint density at radius 2 is 1.77 bits per heavy atom. The van der Waals surface area contributed by atoms with Crippen LogP contribution >= 0.6 is 24.0 Å². The topological polar surface area (TPSA) is 40.1 Å². The number of hydrogen-bond donors (Lipinski definition) is 1. The number of halogens is 1. The van der Waals surface area contributed by atoms with Crippen molar-refractivity contribution in [2.45, 2.75) is 58.5 Å². The second-order valence-corrected chi connectivity index (χ2v) is 8.59. The van der Waals surface area contributed by atoms with E-state index in [0.717, 1.165) is 51.3 Å². The predicted molar refractivity (Wildman–Crippen MR) is 137 cm³/mol. The quantitative estimate of drug-likeness (QED) is 0.307. The summed E-state index contributed by atoms with van der Waals surface area (Å²) in [7, 11) is 2.16. The lowest BCUT2D eigenvalue weighted by Gasteiger charge is -2.27. The van der Waals surface area contributed by atoms with Crippen LogP contribution in [-0.2, 0) is 17.8 Å². The molecule has 1 aromatic rings. The van der Waals surface area contributed by atoms with Gasteiger partial charge in [-0.05, 0) is 69.2 Å². The summed E-state index contributed by atoms with van der Waals surface area (Å²) in [5, 5.41) is 3.45. The molecule has 2 aliphatic heterocycles. The summed E-state index contributed by atoms with van der Waals surface area (Å²) in [4.78, 5) is 9.75. The number of benzene rings is 1. The fourth-order valence-electron chi connectivity index (χ4n) is 4.28. The van der Waals surface area contributed by atoms with E-state index in [2.05, 4.69) is 53.4 Å². The molecule has 0 aromatic heterocycles. The zero-order chi connectivity index (χ0) is 20.3. The molecule has 30 heavy (non-hydrogen) atoms. The van der Waals surface area contributed by atoms with Gasteiger partial charge in [0.25, 0.3) is 0 Å². The maximum absolute atomic E-state index is 5.48. The summed E-state index contributed by atoms with van der Waals surface area (Å²) < 4.78 is 5.48. The largest absolute Gasteiger partial charge is 0.381 e. The van der Waals surface area contributed by atoms with Gasteiger partial charge in [-0.15, -0.1) is 24.0 Å². The van der Waals surface area contributed by atoms with E-state index in [0.29, 0.717) is 0 Å². The molecule has 2 heterocycles. The van der Waals surface area contributed by atoms with Gasteiger partial charge in [0.1, 0.15) is 0 Å². The van der Waals surface area contributed by atoms with Crippen LogP contribution < -0.4 is 5.32 Å². The lowest BCUT2D eigenvalue weighted by molar-refractivity contribution is 0.0625. The minimum Gasteiger partial charge on any atom is -0.381 e. The van der Waals surface area contributed by atoms with Gasteiger partial charge >= 0.3 is 0 Å². The van der Waals surface area contributed by atoms with Crippen LogP contribution in [0.1, 0.15) is 56.6 Å². The average Bonchev–Trinajstić information content (AvgIpc) is 2.77. The molecule has 0 unspecified atom stereocenters. The van der Waals surface area contributed by atoms with Crippen molar-refractivity contribution >= 4 is 29.9 Å². The number of guanidine groups is 1. The molecule has 6 heteroatoms. The molecule has 2 fully saturated rings. The summed E-state index contributed by atoms with van der Waals surface area (Å²) in [6.45, 7) is 10.2. The smallest absolute Gasteiger partial charge is 0.193 e. The van der Waals surface area contributed by atoms with Crippen LogP contribution in [0, 0.1) is 5.92 Å². The molecular formula is C24H41IN4O. The second kappa shape index (κ2) is 14.2. The van der Waals surface area contributed by atoms with Gasteiger partial charge in [-0.2, -0.15) is 0 Å². The Labute approximate surface area is 200 Å². The van der Waals surface area contributed by atoms with Gasteiger partial charge in [0.15, 0.2) is 5.96 Å². The number of piperidine rings is 1. The predicted octanol–water partition coefficient (Wildman–Crippen LogP) is 4.50. The van der Waals surface area contributed by atoms with Crippen LogP contribution in [0.25, 0.3) is 0 Å². The number of aliphatic imine (C=N–C) groups is 1. The van der Waals surface area contributed by atoms with Crippen molar-refractivity contribution in [3.63, 3.8) is 0 Å². The molecule has 3 rings (SSSR count). The van der Waals surface area contributed by atoms with Gasteiger partial charge in [-0.1, -0.05) is 30.7 Å². The summed E-state index contributed by atoms with van der Waals surface area (Å²) in [6.07, 6.45) is 7.71. The Balaban J connectivity index is 0.00000320. The van der Waals surface area contributed by atoms with E-state index < -0.39 is 0 Å². The molecule has 0 bridgehead atoms. The SMILES string of the molecule is CCNC(=NCc1ccc(CN2CCCCC2)cc1)N(C)CCC1CCOCC1.I. The monoisotopic (exact) mass is 528 g/mol. The maximum atomic E-state index is 5.48. The highest BCUT2D eigenvalue weighted by atomic mass is 127. The van der Waals surface area contributed by atoms with Crippen LogP contribution in [0.2, 0.25) is 0 Å². The first kappa shape index (κ1) is 25.4. The van der Waals surface area contributed by atoms with Crippen molar-refractivity contribution in [1.82, 2.24) is 15.1 Å². The number of ether oxygens (including phenoxy) is 1. The van der Waals surface area contributed by atoms with E-state index in [1.807, 2.05) is 0 Å². The molecule has 2 saturated heterocycles. The Morgan fingerprint density at radius 1 is 1.10 bits per heavy atom. The van der Waals surface area contributed by atoms with Gasteiger partial charge in [-0.3, -0.25) is 4.90 Å². The van der Waals surface area contributed by atoms with Gasteiger partial charge in [0.05, 0.1) is 6.54 Å². The number of rotatable bonds is 8. The van der Waals surface area contributed by atoms with E-state index in [4.69, 9.17) is 9.73 Å². The summed E-state index contributed by atoms with van der Waals surface area (Å²) in [6, 6.07) is 9.05. The van der Waals surface area contributed by atoms with Gasteiger partial charge in [0.2, 0.25) is 0 Å². The fraction of sp³-hybridized carbons (Fsp3) is 0.708. The van der Waals surface area contributed by atoms with Crippen molar-refractivity contribution in [3.05, 3.63) is 35.4 Å². The van der Waals surface area contributed by atoms with E-state index in [9.17, 15) is 0 Å². The third-order valence-corrected chi connectivity index (χ3v) is 6.20. The molecular weight excluding hydrogens is 487 g/mol. The molecule has 0 aliphatic carbocycles. The van der Waals surface area contributed by atoms with Crippen molar-refractivity contribution < 1.29 is 4.74 Å². The van der Waals surface area contributed by atoms with Gasteiger partial charge in [-0.25, -0.2) is 4.99 Å². The molecule has 0 atom stereocenters.